The lowest BCUT2D eigenvalue weighted by Crippen LogP contribution is -2.34. The number of hydrogen-bond acceptors (Lipinski definition) is 6. The van der Waals surface area contributed by atoms with Gasteiger partial charge in [-0.3, -0.25) is 14.9 Å². The van der Waals surface area contributed by atoms with Gasteiger partial charge in [0.25, 0.3) is 12.3 Å². The van der Waals surface area contributed by atoms with Gasteiger partial charge in [0.15, 0.2) is 0 Å². The quantitative estimate of drug-likeness (QED) is 0.793. The summed E-state index contributed by atoms with van der Waals surface area (Å²) in [6.45, 7) is 1.58. The summed E-state index contributed by atoms with van der Waals surface area (Å²) in [7, 11) is 2.01. The first-order valence-corrected chi connectivity index (χ1v) is 9.75. The highest BCUT2D eigenvalue weighted by atomic mass is 16.6. The van der Waals surface area contributed by atoms with Crippen molar-refractivity contribution < 1.29 is 19.3 Å². The van der Waals surface area contributed by atoms with Gasteiger partial charge in [-0.15, -0.1) is 5.01 Å². The molecule has 2 aromatic rings. The van der Waals surface area contributed by atoms with Crippen molar-refractivity contribution in [3.05, 3.63) is 47.8 Å². The van der Waals surface area contributed by atoms with Crippen LogP contribution in [0.15, 0.2) is 41.5 Å². The van der Waals surface area contributed by atoms with E-state index in [0.717, 1.165) is 47.0 Å². The monoisotopic (exact) mass is 390 g/mol. The van der Waals surface area contributed by atoms with Crippen LogP contribution in [0.1, 0.15) is 11.3 Å². The fourth-order valence-corrected chi connectivity index (χ4v) is 4.53. The van der Waals surface area contributed by atoms with E-state index in [4.69, 9.17) is 4.74 Å². The van der Waals surface area contributed by atoms with Gasteiger partial charge in [-0.1, -0.05) is 16.8 Å². The van der Waals surface area contributed by atoms with Crippen LogP contribution in [0.2, 0.25) is 0 Å². The molecular weight excluding hydrogens is 370 g/mol. The molecule has 4 aliphatic heterocycles. The number of aliphatic hydroxyl groups is 1. The van der Waals surface area contributed by atoms with Crippen LogP contribution in [-0.2, 0) is 11.2 Å². The molecule has 2 atom stereocenters. The summed E-state index contributed by atoms with van der Waals surface area (Å²) < 4.78 is 7.45. The number of pyridine rings is 1. The minimum Gasteiger partial charge on any atom is -0.441 e. The highest BCUT2D eigenvalue weighted by Crippen LogP contribution is 2.40. The molecule has 0 radical (unpaired) electrons. The molecule has 0 aliphatic carbocycles. The number of carbonyl (C=O) groups is 1. The molecule has 1 saturated heterocycles. The van der Waals surface area contributed by atoms with E-state index < -0.39 is 6.10 Å². The number of amidine groups is 1. The van der Waals surface area contributed by atoms with Gasteiger partial charge in [0, 0.05) is 11.8 Å². The zero-order valence-corrected chi connectivity index (χ0v) is 15.9. The van der Waals surface area contributed by atoms with E-state index in [9.17, 15) is 9.90 Å². The van der Waals surface area contributed by atoms with Gasteiger partial charge >= 0.3 is 6.09 Å². The number of aromatic nitrogens is 1. The lowest BCUT2D eigenvalue weighted by Gasteiger charge is -2.14. The van der Waals surface area contributed by atoms with Crippen LogP contribution in [-0.4, -0.2) is 76.3 Å². The summed E-state index contributed by atoms with van der Waals surface area (Å²) in [5.41, 5.74) is 6.23. The predicted molar refractivity (Wildman–Crippen MR) is 106 cm³/mol. The SMILES string of the molecule is CN1C(c2ccc(-c3ccc4c(c3)CC3C(CO)OC(=O)N43)cn2)=NCC2=[N+]1C2. The van der Waals surface area contributed by atoms with E-state index in [0.29, 0.717) is 6.42 Å². The number of amides is 1. The third kappa shape index (κ3) is 2.42. The number of anilines is 1. The molecule has 2 unspecified atom stereocenters. The first-order valence-electron chi connectivity index (χ1n) is 9.75. The number of hydrogen-bond donors (Lipinski definition) is 1. The number of aliphatic hydroxyl groups excluding tert-OH is 1. The summed E-state index contributed by atoms with van der Waals surface area (Å²) >= 11 is 0. The van der Waals surface area contributed by atoms with Crippen LogP contribution in [0.3, 0.4) is 0 Å². The molecule has 146 valence electrons. The minimum atomic E-state index is -0.465. The van der Waals surface area contributed by atoms with Crippen molar-refractivity contribution in [3.63, 3.8) is 0 Å². The smallest absolute Gasteiger partial charge is 0.415 e. The molecule has 8 heteroatoms. The summed E-state index contributed by atoms with van der Waals surface area (Å²) in [6, 6.07) is 9.99. The van der Waals surface area contributed by atoms with Crippen molar-refractivity contribution in [2.75, 3.05) is 31.6 Å². The van der Waals surface area contributed by atoms with Crippen LogP contribution in [0.4, 0.5) is 10.5 Å². The van der Waals surface area contributed by atoms with E-state index in [1.54, 1.807) is 4.90 Å². The van der Waals surface area contributed by atoms with Crippen LogP contribution in [0.5, 0.6) is 0 Å². The lowest BCUT2D eigenvalue weighted by molar-refractivity contribution is -0.590. The largest absolute Gasteiger partial charge is 0.441 e. The number of hydrazine groups is 1. The number of carbonyl (C=O) groups excluding carboxylic acids is 1. The molecule has 1 fully saturated rings. The Balaban J connectivity index is 1.28. The zero-order chi connectivity index (χ0) is 19.7. The van der Waals surface area contributed by atoms with Crippen LogP contribution >= 0.6 is 0 Å². The second-order valence-corrected chi connectivity index (χ2v) is 7.81. The number of nitrogens with zero attached hydrogens (tertiary/aromatic N) is 5. The van der Waals surface area contributed by atoms with Gasteiger partial charge < -0.3 is 9.84 Å². The average molecular weight is 390 g/mol. The zero-order valence-electron chi connectivity index (χ0n) is 15.9. The maximum Gasteiger partial charge on any atom is 0.415 e. The van der Waals surface area contributed by atoms with E-state index in [2.05, 4.69) is 31.8 Å². The minimum absolute atomic E-state index is 0.128. The van der Waals surface area contributed by atoms with E-state index in [1.165, 1.54) is 5.71 Å². The second kappa shape index (κ2) is 5.87. The Labute approximate surface area is 167 Å². The van der Waals surface area contributed by atoms with Crippen molar-refractivity contribution in [2.45, 2.75) is 18.6 Å². The highest BCUT2D eigenvalue weighted by molar-refractivity contribution is 6.02. The number of benzene rings is 1. The molecule has 0 bridgehead atoms. The fourth-order valence-electron chi connectivity index (χ4n) is 4.53. The molecule has 4 aliphatic rings. The lowest BCUT2D eigenvalue weighted by atomic mass is 10.0. The first kappa shape index (κ1) is 16.7. The van der Waals surface area contributed by atoms with Gasteiger partial charge in [0.05, 0.1) is 25.4 Å². The number of aliphatic imine (C=N–C) groups is 1. The third-order valence-corrected chi connectivity index (χ3v) is 6.16. The standard InChI is InChI=1S/C21H20N5O3/c1-24-20(23-9-15-10-25(15)24)16-4-2-13(8-22-16)12-3-5-17-14(6-12)7-18-19(11-27)29-21(28)26(17)18/h2-6,8,18-19,27H,7,9-11H2,1H3/q+1. The van der Waals surface area contributed by atoms with E-state index in [-0.39, 0.29) is 18.7 Å². The Hall–Kier alpha value is -3.26. The number of hydrazone groups is 1. The summed E-state index contributed by atoms with van der Waals surface area (Å²) in [5.74, 6) is 0.890. The van der Waals surface area contributed by atoms with E-state index >= 15 is 0 Å². The molecule has 5 heterocycles. The van der Waals surface area contributed by atoms with Gasteiger partial charge in [-0.05, 0) is 35.7 Å². The Morgan fingerprint density at radius 2 is 2.14 bits per heavy atom. The molecule has 29 heavy (non-hydrogen) atoms. The Morgan fingerprint density at radius 3 is 2.93 bits per heavy atom. The molecule has 0 saturated carbocycles. The summed E-state index contributed by atoms with van der Waals surface area (Å²) in [5, 5.41) is 11.5. The molecule has 0 spiro atoms. The molecule has 1 N–H and O–H groups in total. The van der Waals surface area contributed by atoms with Gasteiger partial charge in [0.2, 0.25) is 5.84 Å². The van der Waals surface area contributed by atoms with Crippen LogP contribution < -0.4 is 4.90 Å². The van der Waals surface area contributed by atoms with Gasteiger partial charge in [-0.25, -0.2) is 4.79 Å². The summed E-state index contributed by atoms with van der Waals surface area (Å²) in [6.07, 6.45) is 1.71. The van der Waals surface area contributed by atoms with Crippen LogP contribution in [0, 0.1) is 0 Å². The third-order valence-electron chi connectivity index (χ3n) is 6.16. The fraction of sp³-hybridized carbons (Fsp3) is 0.333. The molecule has 6 rings (SSSR count). The number of cyclic esters (lactones) is 1. The van der Waals surface area contributed by atoms with Crippen molar-refractivity contribution in [1.82, 2.24) is 9.99 Å². The number of ether oxygens (including phenoxy) is 1. The second-order valence-electron chi connectivity index (χ2n) is 7.81. The average Bonchev–Trinajstić information content (AvgIpc) is 3.35. The van der Waals surface area contributed by atoms with Crippen LogP contribution in [0.25, 0.3) is 11.1 Å². The van der Waals surface area contributed by atoms with Crippen molar-refractivity contribution in [3.8, 4) is 11.1 Å². The molecule has 8 nitrogen and oxygen atoms in total. The number of rotatable bonds is 3. The topological polar surface area (TPSA) is 81.3 Å². The summed E-state index contributed by atoms with van der Waals surface area (Å²) in [4.78, 5) is 23.1. The highest BCUT2D eigenvalue weighted by Gasteiger charge is 2.47. The maximum atomic E-state index is 12.1. The molecule has 1 aromatic carbocycles. The first-order chi connectivity index (χ1) is 14.1. The Kier molecular flexibility index (Phi) is 3.37. The molecular formula is C21H20N5O3+. The van der Waals surface area contributed by atoms with Gasteiger partial charge in [0.1, 0.15) is 18.3 Å². The molecule has 1 amide bonds. The van der Waals surface area contributed by atoms with Crippen molar-refractivity contribution >= 4 is 23.3 Å². The van der Waals surface area contributed by atoms with Crippen molar-refractivity contribution in [1.29, 1.82) is 0 Å². The van der Waals surface area contributed by atoms with Gasteiger partial charge in [-0.2, -0.15) is 0 Å². The molecule has 1 aromatic heterocycles. The Bertz CT molecular complexity index is 1110. The van der Waals surface area contributed by atoms with Crippen molar-refractivity contribution in [2.24, 2.45) is 4.99 Å². The maximum absolute atomic E-state index is 12.1. The Morgan fingerprint density at radius 1 is 1.28 bits per heavy atom. The number of fused-ring (bicyclic) bond motifs is 3. The normalized spacial score (nSPS) is 24.2. The van der Waals surface area contributed by atoms with E-state index in [1.807, 2.05) is 31.4 Å². The predicted octanol–water partition coefficient (Wildman–Crippen LogP) is 1.06.